The predicted octanol–water partition coefficient (Wildman–Crippen LogP) is 5.47. The highest BCUT2D eigenvalue weighted by Crippen LogP contribution is 2.75. The number of aliphatic hydroxyl groups excluding tert-OH is 2. The summed E-state index contributed by atoms with van der Waals surface area (Å²) in [6.45, 7) is 15.5. The summed E-state index contributed by atoms with van der Waals surface area (Å²) in [5.74, 6) is 0.255. The fourth-order valence-electron chi connectivity index (χ4n) is 10.8. The van der Waals surface area contributed by atoms with Gasteiger partial charge in [-0.25, -0.2) is 0 Å². The zero-order valence-electron chi connectivity index (χ0n) is 23.7. The second-order valence-electron chi connectivity index (χ2n) is 15.3. The smallest absolute Gasteiger partial charge is 0.311 e. The topological polar surface area (TPSA) is 83.8 Å². The van der Waals surface area contributed by atoms with Crippen molar-refractivity contribution in [3.63, 3.8) is 0 Å². The summed E-state index contributed by atoms with van der Waals surface area (Å²) < 4.78 is 5.23. The van der Waals surface area contributed by atoms with Crippen LogP contribution in [0.5, 0.6) is 0 Å². The van der Waals surface area contributed by atoms with Crippen molar-refractivity contribution in [2.24, 2.45) is 50.2 Å². The minimum atomic E-state index is -0.816. The van der Waals surface area contributed by atoms with Gasteiger partial charge in [0.2, 0.25) is 0 Å². The Kier molecular flexibility index (Phi) is 5.64. The summed E-state index contributed by atoms with van der Waals surface area (Å²) in [6, 6.07) is 0. The molecule has 0 bridgehead atoms. The van der Waals surface area contributed by atoms with Gasteiger partial charge in [0.25, 0.3) is 0 Å². The molecule has 0 amide bonds. The van der Waals surface area contributed by atoms with Crippen LogP contribution in [-0.4, -0.2) is 41.3 Å². The quantitative estimate of drug-likeness (QED) is 0.466. The molecule has 0 aromatic rings. The van der Waals surface area contributed by atoms with Crippen molar-refractivity contribution in [3.05, 3.63) is 11.6 Å². The number of carbonyl (C=O) groups is 2. The zero-order chi connectivity index (χ0) is 26.7. The molecule has 10 atom stereocenters. The Bertz CT molecular complexity index is 1010. The third kappa shape index (κ3) is 3.08. The molecule has 0 unspecified atom stereocenters. The molecule has 4 saturated carbocycles. The van der Waals surface area contributed by atoms with Crippen LogP contribution in [0, 0.1) is 50.2 Å². The van der Waals surface area contributed by atoms with Gasteiger partial charge in [0.1, 0.15) is 0 Å². The third-order valence-electron chi connectivity index (χ3n) is 13.2. The monoisotopic (exact) mass is 500 g/mol. The van der Waals surface area contributed by atoms with E-state index in [4.69, 9.17) is 4.74 Å². The summed E-state index contributed by atoms with van der Waals surface area (Å²) in [5, 5.41) is 21.9. The van der Waals surface area contributed by atoms with Crippen LogP contribution in [0.3, 0.4) is 0 Å². The summed E-state index contributed by atoms with van der Waals surface area (Å²) >= 11 is 0. The largest absolute Gasteiger partial charge is 0.469 e. The van der Waals surface area contributed by atoms with Crippen molar-refractivity contribution in [3.8, 4) is 0 Å². The number of hydrogen-bond acceptors (Lipinski definition) is 5. The number of esters is 1. The molecule has 0 aromatic carbocycles. The molecule has 2 N–H and O–H groups in total. The summed E-state index contributed by atoms with van der Waals surface area (Å²) in [7, 11) is 1.48. The van der Waals surface area contributed by atoms with Gasteiger partial charge in [0.15, 0.2) is 5.78 Å². The number of ether oxygens (including phenoxy) is 1. The van der Waals surface area contributed by atoms with E-state index in [1.807, 2.05) is 13.0 Å². The number of allylic oxidation sites excluding steroid dienone is 2. The minimum Gasteiger partial charge on any atom is -0.469 e. The van der Waals surface area contributed by atoms with E-state index in [2.05, 4.69) is 41.5 Å². The maximum atomic E-state index is 14.3. The van der Waals surface area contributed by atoms with Gasteiger partial charge in [-0.15, -0.1) is 0 Å². The molecular formula is C31H48O5. The lowest BCUT2D eigenvalue weighted by Crippen LogP contribution is -2.68. The van der Waals surface area contributed by atoms with Gasteiger partial charge >= 0.3 is 5.97 Å². The lowest BCUT2D eigenvalue weighted by Gasteiger charge is -2.70. The number of rotatable bonds is 1. The van der Waals surface area contributed by atoms with E-state index in [0.29, 0.717) is 6.42 Å². The lowest BCUT2D eigenvalue weighted by atomic mass is 9.33. The standard InChI is InChI=1S/C31H48O5/c1-26(2)22-9-10-31(7)23(29(22,5)17-21(33)24(26)34)20(32)15-18-19-16-28(4,25(35)36-8)12-11-27(19,3)13-14-30(18,31)6/h15,19,21-24,33-34H,9-14,16-17H2,1-8H3/t19-,21-,22-,23+,24+,27+,28-,29-,30+,31+/m0/s1. The second kappa shape index (κ2) is 7.68. The van der Waals surface area contributed by atoms with Gasteiger partial charge in [0, 0.05) is 5.92 Å². The number of ketones is 1. The molecule has 0 aliphatic heterocycles. The van der Waals surface area contributed by atoms with Crippen LogP contribution < -0.4 is 0 Å². The third-order valence-corrected chi connectivity index (χ3v) is 13.2. The first-order valence-corrected chi connectivity index (χ1v) is 14.2. The van der Waals surface area contributed by atoms with Gasteiger partial charge in [-0.2, -0.15) is 0 Å². The van der Waals surface area contributed by atoms with Gasteiger partial charge in [-0.05, 0) is 103 Å². The Labute approximate surface area is 217 Å². The van der Waals surface area contributed by atoms with Crippen molar-refractivity contribution in [2.45, 2.75) is 112 Å². The summed E-state index contributed by atoms with van der Waals surface area (Å²) in [4.78, 5) is 27.1. The van der Waals surface area contributed by atoms with Crippen molar-refractivity contribution >= 4 is 11.8 Å². The fraction of sp³-hybridized carbons (Fsp3) is 0.871. The highest BCUT2D eigenvalue weighted by molar-refractivity contribution is 5.95. The molecule has 4 fully saturated rings. The Morgan fingerprint density at radius 1 is 0.944 bits per heavy atom. The van der Waals surface area contributed by atoms with Crippen LogP contribution in [0.1, 0.15) is 99.8 Å². The average Bonchev–Trinajstić information content (AvgIpc) is 2.79. The van der Waals surface area contributed by atoms with Crippen LogP contribution in [0.4, 0.5) is 0 Å². The van der Waals surface area contributed by atoms with Crippen LogP contribution >= 0.6 is 0 Å². The van der Waals surface area contributed by atoms with Crippen molar-refractivity contribution in [1.29, 1.82) is 0 Å². The fourth-order valence-corrected chi connectivity index (χ4v) is 10.8. The first-order chi connectivity index (χ1) is 16.5. The van der Waals surface area contributed by atoms with Gasteiger partial charge in [0.05, 0.1) is 24.7 Å². The molecule has 0 radical (unpaired) electrons. The molecule has 0 spiro atoms. The number of aliphatic hydroxyl groups is 2. The summed E-state index contributed by atoms with van der Waals surface area (Å²) in [5.41, 5.74) is -0.332. The van der Waals surface area contributed by atoms with Crippen LogP contribution in [-0.2, 0) is 14.3 Å². The molecule has 5 heteroatoms. The molecule has 0 aromatic heterocycles. The second-order valence-corrected chi connectivity index (χ2v) is 15.3. The summed E-state index contributed by atoms with van der Waals surface area (Å²) in [6.07, 6.45) is 7.48. The molecule has 5 aliphatic carbocycles. The molecule has 36 heavy (non-hydrogen) atoms. The number of fused-ring (bicyclic) bond motifs is 7. The van der Waals surface area contributed by atoms with E-state index in [1.165, 1.54) is 12.7 Å². The van der Waals surface area contributed by atoms with E-state index >= 15 is 0 Å². The zero-order valence-corrected chi connectivity index (χ0v) is 23.7. The Morgan fingerprint density at radius 2 is 1.58 bits per heavy atom. The normalized spacial score (nSPS) is 53.8. The van der Waals surface area contributed by atoms with Crippen LogP contribution in [0.2, 0.25) is 0 Å². The van der Waals surface area contributed by atoms with Gasteiger partial charge in [-0.3, -0.25) is 9.59 Å². The Hall–Kier alpha value is -1.20. The minimum absolute atomic E-state index is 0.0938. The van der Waals surface area contributed by atoms with Crippen molar-refractivity contribution < 1.29 is 24.5 Å². The first kappa shape index (κ1) is 26.4. The van der Waals surface area contributed by atoms with Crippen LogP contribution in [0.25, 0.3) is 0 Å². The van der Waals surface area contributed by atoms with Gasteiger partial charge < -0.3 is 14.9 Å². The van der Waals surface area contributed by atoms with Gasteiger partial charge in [-0.1, -0.05) is 47.1 Å². The van der Waals surface area contributed by atoms with Crippen molar-refractivity contribution in [1.82, 2.24) is 0 Å². The van der Waals surface area contributed by atoms with E-state index in [9.17, 15) is 19.8 Å². The van der Waals surface area contributed by atoms with E-state index in [-0.39, 0.29) is 51.2 Å². The molecule has 202 valence electrons. The number of carbonyl (C=O) groups excluding carboxylic acids is 2. The molecule has 5 rings (SSSR count). The number of hydrogen-bond donors (Lipinski definition) is 2. The Balaban J connectivity index is 1.62. The van der Waals surface area contributed by atoms with E-state index in [0.717, 1.165) is 44.9 Å². The highest BCUT2D eigenvalue weighted by Gasteiger charge is 2.71. The average molecular weight is 501 g/mol. The maximum Gasteiger partial charge on any atom is 0.311 e. The van der Waals surface area contributed by atoms with E-state index in [1.54, 1.807) is 0 Å². The first-order valence-electron chi connectivity index (χ1n) is 14.2. The molecule has 0 heterocycles. The number of methoxy groups -OCH3 is 1. The van der Waals surface area contributed by atoms with Crippen LogP contribution in [0.15, 0.2) is 11.6 Å². The Morgan fingerprint density at radius 3 is 2.22 bits per heavy atom. The highest BCUT2D eigenvalue weighted by atomic mass is 16.5. The van der Waals surface area contributed by atoms with E-state index < -0.39 is 23.0 Å². The molecule has 5 nitrogen and oxygen atoms in total. The SMILES string of the molecule is COC(=O)[C@@]1(C)CC[C@]2(C)CC[C@]3(C)C(=CC(=O)[C@@H]4[C@@]5(C)C[C@H](O)[C@@H](O)C(C)(C)[C@@H]5CC[C@]43C)[C@@H]2C1. The maximum absolute atomic E-state index is 14.3. The molecule has 0 saturated heterocycles. The molecular weight excluding hydrogens is 452 g/mol. The van der Waals surface area contributed by atoms with Crippen molar-refractivity contribution in [2.75, 3.05) is 7.11 Å². The molecule has 5 aliphatic rings. The predicted molar refractivity (Wildman–Crippen MR) is 139 cm³/mol. The lowest BCUT2D eigenvalue weighted by molar-refractivity contribution is -0.227.